The zero-order valence-corrected chi connectivity index (χ0v) is 9.96. The maximum atomic E-state index is 5.34. The van der Waals surface area contributed by atoms with Crippen molar-refractivity contribution in [2.75, 3.05) is 6.54 Å². The highest BCUT2D eigenvalue weighted by molar-refractivity contribution is 4.98. The van der Waals surface area contributed by atoms with Crippen LogP contribution in [-0.4, -0.2) is 12.6 Å². The van der Waals surface area contributed by atoms with Crippen molar-refractivity contribution in [3.05, 3.63) is 24.2 Å². The van der Waals surface area contributed by atoms with Gasteiger partial charge < -0.3 is 9.73 Å². The molecule has 0 saturated carbocycles. The molecular weight excluding hydrogens is 186 g/mol. The molecule has 1 heterocycles. The van der Waals surface area contributed by atoms with Crippen molar-refractivity contribution in [2.24, 2.45) is 0 Å². The van der Waals surface area contributed by atoms with E-state index in [4.69, 9.17) is 4.42 Å². The Bertz CT molecular complexity index is 231. The van der Waals surface area contributed by atoms with Crippen molar-refractivity contribution in [2.45, 2.75) is 52.0 Å². The molecule has 0 saturated heterocycles. The van der Waals surface area contributed by atoms with E-state index < -0.39 is 0 Å². The molecule has 0 bridgehead atoms. The van der Waals surface area contributed by atoms with Gasteiger partial charge >= 0.3 is 0 Å². The number of rotatable bonds is 8. The zero-order chi connectivity index (χ0) is 10.9. The summed E-state index contributed by atoms with van der Waals surface area (Å²) in [5.41, 5.74) is 0. The third-order valence-corrected chi connectivity index (χ3v) is 2.72. The Morgan fingerprint density at radius 2 is 2.20 bits per heavy atom. The van der Waals surface area contributed by atoms with Gasteiger partial charge in [-0.1, -0.05) is 26.7 Å². The fraction of sp³-hybridized carbons (Fsp3) is 0.692. The van der Waals surface area contributed by atoms with Crippen molar-refractivity contribution in [1.29, 1.82) is 0 Å². The lowest BCUT2D eigenvalue weighted by Gasteiger charge is -2.16. The van der Waals surface area contributed by atoms with Crippen molar-refractivity contribution in [1.82, 2.24) is 5.32 Å². The summed E-state index contributed by atoms with van der Waals surface area (Å²) in [5.74, 6) is 1.11. The first-order valence-corrected chi connectivity index (χ1v) is 6.12. The predicted molar refractivity (Wildman–Crippen MR) is 64.0 cm³/mol. The van der Waals surface area contributed by atoms with Gasteiger partial charge in [-0.05, 0) is 31.5 Å². The highest BCUT2D eigenvalue weighted by atomic mass is 16.3. The molecule has 15 heavy (non-hydrogen) atoms. The summed E-state index contributed by atoms with van der Waals surface area (Å²) in [6, 6.07) is 4.67. The zero-order valence-electron chi connectivity index (χ0n) is 9.96. The maximum absolute atomic E-state index is 5.34. The quantitative estimate of drug-likeness (QED) is 0.710. The summed E-state index contributed by atoms with van der Waals surface area (Å²) in [7, 11) is 0. The Morgan fingerprint density at radius 1 is 1.33 bits per heavy atom. The fourth-order valence-corrected chi connectivity index (χ4v) is 1.86. The predicted octanol–water partition coefficient (Wildman–Crippen LogP) is 3.38. The standard InChI is InChI=1S/C13H23NO/c1-3-5-7-12(14-4-2)9-10-13-8-6-11-15-13/h6,8,11-12,14H,3-5,7,9-10H2,1-2H3. The topological polar surface area (TPSA) is 25.2 Å². The molecule has 0 aliphatic carbocycles. The van der Waals surface area contributed by atoms with Gasteiger partial charge in [-0.3, -0.25) is 0 Å². The van der Waals surface area contributed by atoms with E-state index in [0.717, 1.165) is 18.7 Å². The molecule has 0 aliphatic rings. The second-order valence-electron chi connectivity index (χ2n) is 4.01. The van der Waals surface area contributed by atoms with Gasteiger partial charge in [0.25, 0.3) is 0 Å². The summed E-state index contributed by atoms with van der Waals surface area (Å²) in [6.45, 7) is 5.48. The molecule has 1 N–H and O–H groups in total. The number of aryl methyl sites for hydroxylation is 1. The first-order chi connectivity index (χ1) is 7.36. The molecule has 0 fully saturated rings. The second kappa shape index (κ2) is 7.52. The van der Waals surface area contributed by atoms with Crippen LogP contribution in [0.5, 0.6) is 0 Å². The molecule has 1 unspecified atom stereocenters. The molecule has 0 spiro atoms. The van der Waals surface area contributed by atoms with Crippen molar-refractivity contribution in [3.63, 3.8) is 0 Å². The molecule has 86 valence electrons. The van der Waals surface area contributed by atoms with Crippen molar-refractivity contribution in [3.8, 4) is 0 Å². The van der Waals surface area contributed by atoms with Gasteiger partial charge in [-0.25, -0.2) is 0 Å². The van der Waals surface area contributed by atoms with E-state index in [-0.39, 0.29) is 0 Å². The molecule has 2 heteroatoms. The van der Waals surface area contributed by atoms with Crippen LogP contribution in [-0.2, 0) is 6.42 Å². The fourth-order valence-electron chi connectivity index (χ4n) is 1.86. The Morgan fingerprint density at radius 3 is 2.80 bits per heavy atom. The minimum Gasteiger partial charge on any atom is -0.469 e. The molecule has 0 amide bonds. The van der Waals surface area contributed by atoms with Crippen LogP contribution in [0.15, 0.2) is 22.8 Å². The molecule has 0 aromatic carbocycles. The molecule has 0 aliphatic heterocycles. The smallest absolute Gasteiger partial charge is 0.103 e. The van der Waals surface area contributed by atoms with Crippen LogP contribution in [0.3, 0.4) is 0 Å². The van der Waals surface area contributed by atoms with Crippen LogP contribution >= 0.6 is 0 Å². The SMILES string of the molecule is CCCCC(CCc1ccco1)NCC. The average molecular weight is 209 g/mol. The van der Waals surface area contributed by atoms with E-state index >= 15 is 0 Å². The monoisotopic (exact) mass is 209 g/mol. The summed E-state index contributed by atoms with van der Waals surface area (Å²) >= 11 is 0. The van der Waals surface area contributed by atoms with Crippen LogP contribution in [0.2, 0.25) is 0 Å². The van der Waals surface area contributed by atoms with Crippen molar-refractivity contribution < 1.29 is 4.42 Å². The lowest BCUT2D eigenvalue weighted by atomic mass is 10.0. The lowest BCUT2D eigenvalue weighted by Crippen LogP contribution is -2.29. The number of furan rings is 1. The van der Waals surface area contributed by atoms with Crippen molar-refractivity contribution >= 4 is 0 Å². The third kappa shape index (κ3) is 5.03. The molecular formula is C13H23NO. The molecule has 1 rings (SSSR count). The van der Waals surface area contributed by atoms with E-state index in [0.29, 0.717) is 6.04 Å². The highest BCUT2D eigenvalue weighted by Crippen LogP contribution is 2.10. The number of unbranched alkanes of at least 4 members (excludes halogenated alkanes) is 1. The molecule has 1 aromatic rings. The summed E-state index contributed by atoms with van der Waals surface area (Å²) in [5, 5.41) is 3.54. The minimum absolute atomic E-state index is 0.653. The Balaban J connectivity index is 2.24. The molecule has 0 radical (unpaired) electrons. The highest BCUT2D eigenvalue weighted by Gasteiger charge is 2.07. The van der Waals surface area contributed by atoms with E-state index in [9.17, 15) is 0 Å². The summed E-state index contributed by atoms with van der Waals surface area (Å²) < 4.78 is 5.34. The van der Waals surface area contributed by atoms with Gasteiger partial charge in [0.15, 0.2) is 0 Å². The maximum Gasteiger partial charge on any atom is 0.103 e. The van der Waals surface area contributed by atoms with E-state index in [2.05, 4.69) is 25.2 Å². The van der Waals surface area contributed by atoms with Gasteiger partial charge in [0.05, 0.1) is 6.26 Å². The largest absolute Gasteiger partial charge is 0.469 e. The molecule has 1 aromatic heterocycles. The van der Waals surface area contributed by atoms with E-state index in [1.807, 2.05) is 6.07 Å². The third-order valence-electron chi connectivity index (χ3n) is 2.72. The Hall–Kier alpha value is -0.760. The van der Waals surface area contributed by atoms with Crippen LogP contribution in [0.25, 0.3) is 0 Å². The lowest BCUT2D eigenvalue weighted by molar-refractivity contribution is 0.423. The number of nitrogens with one attached hydrogen (secondary N) is 1. The Labute approximate surface area is 93.1 Å². The minimum atomic E-state index is 0.653. The molecule has 2 nitrogen and oxygen atoms in total. The first-order valence-electron chi connectivity index (χ1n) is 6.12. The van der Waals surface area contributed by atoms with Crippen LogP contribution in [0.1, 0.15) is 45.3 Å². The van der Waals surface area contributed by atoms with Gasteiger partial charge in [0.2, 0.25) is 0 Å². The molecule has 1 atom stereocenters. The number of hydrogen-bond donors (Lipinski definition) is 1. The number of hydrogen-bond acceptors (Lipinski definition) is 2. The van der Waals surface area contributed by atoms with Gasteiger partial charge in [-0.2, -0.15) is 0 Å². The van der Waals surface area contributed by atoms with Gasteiger partial charge in [-0.15, -0.1) is 0 Å². The Kier molecular flexibility index (Phi) is 6.17. The first kappa shape index (κ1) is 12.3. The summed E-state index contributed by atoms with van der Waals surface area (Å²) in [6.07, 6.45) is 7.86. The van der Waals surface area contributed by atoms with Gasteiger partial charge in [0.1, 0.15) is 5.76 Å². The van der Waals surface area contributed by atoms with Crippen LogP contribution < -0.4 is 5.32 Å². The summed E-state index contributed by atoms with van der Waals surface area (Å²) in [4.78, 5) is 0. The average Bonchev–Trinajstić information content (AvgIpc) is 2.75. The van der Waals surface area contributed by atoms with Crippen LogP contribution in [0, 0.1) is 0 Å². The van der Waals surface area contributed by atoms with E-state index in [1.165, 1.54) is 25.7 Å². The normalized spacial score (nSPS) is 12.9. The second-order valence-corrected chi connectivity index (χ2v) is 4.01. The van der Waals surface area contributed by atoms with Gasteiger partial charge in [0, 0.05) is 12.5 Å². The van der Waals surface area contributed by atoms with Crippen LogP contribution in [0.4, 0.5) is 0 Å². The van der Waals surface area contributed by atoms with E-state index in [1.54, 1.807) is 6.26 Å².